The molecule has 0 heterocycles. The summed E-state index contributed by atoms with van der Waals surface area (Å²) in [7, 11) is 0. The fraction of sp³-hybridized carbons (Fsp3) is 0.636. The van der Waals surface area contributed by atoms with Gasteiger partial charge < -0.3 is 10.2 Å². The molecule has 4 heteroatoms. The highest BCUT2D eigenvalue weighted by Crippen LogP contribution is 2.24. The van der Waals surface area contributed by atoms with Gasteiger partial charge >= 0.3 is 11.9 Å². The number of rotatable bonds is 14. The summed E-state index contributed by atoms with van der Waals surface area (Å²) in [4.78, 5) is 23.1. The molecule has 0 spiro atoms. The van der Waals surface area contributed by atoms with Crippen molar-refractivity contribution in [2.45, 2.75) is 90.9 Å². The smallest absolute Gasteiger partial charge is 0.336 e. The zero-order valence-corrected chi connectivity index (χ0v) is 16.4. The second-order valence-electron chi connectivity index (χ2n) is 7.06. The molecule has 0 fully saturated rings. The first-order chi connectivity index (χ1) is 12.5. The lowest BCUT2D eigenvalue weighted by atomic mass is 9.90. The van der Waals surface area contributed by atoms with Crippen LogP contribution in [0.25, 0.3) is 0 Å². The minimum Gasteiger partial charge on any atom is -0.478 e. The van der Waals surface area contributed by atoms with Gasteiger partial charge in [-0.1, -0.05) is 77.7 Å². The summed E-state index contributed by atoms with van der Waals surface area (Å²) in [5, 5.41) is 18.9. The molecule has 1 aromatic carbocycles. The van der Waals surface area contributed by atoms with Crippen molar-refractivity contribution >= 4 is 11.9 Å². The van der Waals surface area contributed by atoms with Crippen LogP contribution in [-0.4, -0.2) is 22.2 Å². The molecule has 0 aliphatic rings. The summed E-state index contributed by atoms with van der Waals surface area (Å²) >= 11 is 0. The van der Waals surface area contributed by atoms with Gasteiger partial charge in [0.25, 0.3) is 0 Å². The Morgan fingerprint density at radius 1 is 0.731 bits per heavy atom. The zero-order chi connectivity index (χ0) is 19.4. The Bertz CT molecular complexity index is 578. The van der Waals surface area contributed by atoms with E-state index < -0.39 is 11.9 Å². The average molecular weight is 363 g/mol. The number of unbranched alkanes of at least 4 members (excludes halogenated alkanes) is 8. The van der Waals surface area contributed by atoms with Crippen LogP contribution in [0.1, 0.15) is 110 Å². The topological polar surface area (TPSA) is 74.6 Å². The van der Waals surface area contributed by atoms with Crippen LogP contribution in [-0.2, 0) is 12.8 Å². The first-order valence-electron chi connectivity index (χ1n) is 10.1. The van der Waals surface area contributed by atoms with Crippen molar-refractivity contribution in [1.82, 2.24) is 0 Å². The lowest BCUT2D eigenvalue weighted by Gasteiger charge is -2.15. The SMILES string of the molecule is CCCCCCCCCCCc1c(CCC)ccc(C(=O)O)c1C(=O)O. The second-order valence-corrected chi connectivity index (χ2v) is 7.06. The van der Waals surface area contributed by atoms with E-state index in [2.05, 4.69) is 6.92 Å². The van der Waals surface area contributed by atoms with Crippen LogP contribution in [0.3, 0.4) is 0 Å². The third-order valence-electron chi connectivity index (χ3n) is 4.90. The van der Waals surface area contributed by atoms with Crippen molar-refractivity contribution in [1.29, 1.82) is 0 Å². The van der Waals surface area contributed by atoms with Crippen molar-refractivity contribution < 1.29 is 19.8 Å². The van der Waals surface area contributed by atoms with E-state index in [0.717, 1.165) is 43.2 Å². The molecule has 1 aromatic rings. The molecule has 4 nitrogen and oxygen atoms in total. The number of hydrogen-bond donors (Lipinski definition) is 2. The maximum Gasteiger partial charge on any atom is 0.336 e. The predicted molar refractivity (Wildman–Crippen MR) is 105 cm³/mol. The summed E-state index contributed by atoms with van der Waals surface area (Å²) < 4.78 is 0. The monoisotopic (exact) mass is 362 g/mol. The van der Waals surface area contributed by atoms with Crippen molar-refractivity contribution in [2.24, 2.45) is 0 Å². The van der Waals surface area contributed by atoms with Crippen molar-refractivity contribution in [3.63, 3.8) is 0 Å². The van der Waals surface area contributed by atoms with E-state index >= 15 is 0 Å². The standard InChI is InChI=1S/C22H34O4/c1-3-5-6-7-8-9-10-11-12-14-18-17(13-4-2)15-16-19(21(23)24)20(18)22(25)26/h15-16H,3-14H2,1-2H3,(H,23,24)(H,25,26). The Hall–Kier alpha value is -1.84. The van der Waals surface area contributed by atoms with Crippen LogP contribution in [0.15, 0.2) is 12.1 Å². The van der Waals surface area contributed by atoms with Gasteiger partial charge in [-0.2, -0.15) is 0 Å². The second kappa shape index (κ2) is 12.5. The van der Waals surface area contributed by atoms with Crippen molar-refractivity contribution in [3.05, 3.63) is 34.4 Å². The molecular weight excluding hydrogens is 328 g/mol. The van der Waals surface area contributed by atoms with E-state index in [1.54, 1.807) is 6.07 Å². The van der Waals surface area contributed by atoms with Crippen molar-refractivity contribution in [2.75, 3.05) is 0 Å². The van der Waals surface area contributed by atoms with Gasteiger partial charge in [-0.15, -0.1) is 0 Å². The maximum atomic E-state index is 11.7. The van der Waals surface area contributed by atoms with Gasteiger partial charge in [0.1, 0.15) is 0 Å². The summed E-state index contributed by atoms with van der Waals surface area (Å²) in [5.74, 6) is -2.30. The molecule has 0 radical (unpaired) electrons. The van der Waals surface area contributed by atoms with E-state index in [0.29, 0.717) is 6.42 Å². The van der Waals surface area contributed by atoms with Gasteiger partial charge in [0.05, 0.1) is 11.1 Å². The molecule has 0 saturated carbocycles. The third-order valence-corrected chi connectivity index (χ3v) is 4.90. The molecule has 0 amide bonds. The Balaban J connectivity index is 2.67. The largest absolute Gasteiger partial charge is 0.478 e. The average Bonchev–Trinajstić information content (AvgIpc) is 2.60. The molecule has 2 N–H and O–H groups in total. The van der Waals surface area contributed by atoms with Crippen LogP contribution in [0, 0.1) is 0 Å². The van der Waals surface area contributed by atoms with Crippen LogP contribution < -0.4 is 0 Å². The molecular formula is C22H34O4. The van der Waals surface area contributed by atoms with Gasteiger partial charge in [0.15, 0.2) is 0 Å². The van der Waals surface area contributed by atoms with Gasteiger partial charge in [0, 0.05) is 0 Å². The minimum atomic E-state index is -1.17. The first kappa shape index (κ1) is 22.2. The zero-order valence-electron chi connectivity index (χ0n) is 16.4. The van der Waals surface area contributed by atoms with Gasteiger partial charge in [-0.3, -0.25) is 0 Å². The van der Waals surface area contributed by atoms with E-state index in [9.17, 15) is 19.8 Å². The van der Waals surface area contributed by atoms with Crippen LogP contribution in [0.5, 0.6) is 0 Å². The number of aromatic carboxylic acids is 2. The molecule has 0 saturated heterocycles. The lowest BCUT2D eigenvalue weighted by molar-refractivity contribution is 0.0650. The molecule has 0 unspecified atom stereocenters. The highest BCUT2D eigenvalue weighted by molar-refractivity contribution is 6.03. The Kier molecular flexibility index (Phi) is 10.7. The number of carbonyl (C=O) groups is 2. The summed E-state index contributed by atoms with van der Waals surface area (Å²) in [6.45, 7) is 4.27. The van der Waals surface area contributed by atoms with Gasteiger partial charge in [-0.05, 0) is 36.5 Å². The molecule has 1 rings (SSSR count). The van der Waals surface area contributed by atoms with E-state index in [1.807, 2.05) is 6.92 Å². The molecule has 0 aromatic heterocycles. The fourth-order valence-corrected chi connectivity index (χ4v) is 3.52. The highest BCUT2D eigenvalue weighted by atomic mass is 16.4. The number of benzene rings is 1. The van der Waals surface area contributed by atoms with Crippen LogP contribution in [0.2, 0.25) is 0 Å². The Labute approximate surface area is 157 Å². The lowest BCUT2D eigenvalue weighted by Crippen LogP contribution is -2.14. The first-order valence-corrected chi connectivity index (χ1v) is 10.1. The van der Waals surface area contributed by atoms with Gasteiger partial charge in [0.2, 0.25) is 0 Å². The predicted octanol–water partition coefficient (Wildman–Crippen LogP) is 6.11. The highest BCUT2D eigenvalue weighted by Gasteiger charge is 2.22. The fourth-order valence-electron chi connectivity index (χ4n) is 3.52. The van der Waals surface area contributed by atoms with E-state index in [1.165, 1.54) is 44.6 Å². The van der Waals surface area contributed by atoms with Crippen LogP contribution >= 0.6 is 0 Å². The molecule has 0 bridgehead atoms. The Morgan fingerprint density at radius 2 is 1.31 bits per heavy atom. The molecule has 0 aliphatic heterocycles. The van der Waals surface area contributed by atoms with Crippen LogP contribution in [0.4, 0.5) is 0 Å². The maximum absolute atomic E-state index is 11.7. The minimum absolute atomic E-state index is 0.0111. The molecule has 0 atom stereocenters. The Morgan fingerprint density at radius 3 is 1.81 bits per heavy atom. The number of hydrogen-bond acceptors (Lipinski definition) is 2. The summed E-state index contributed by atoms with van der Waals surface area (Å²) in [5.41, 5.74) is 1.60. The van der Waals surface area contributed by atoms with Gasteiger partial charge in [-0.25, -0.2) is 9.59 Å². The summed E-state index contributed by atoms with van der Waals surface area (Å²) in [6, 6.07) is 3.24. The molecule has 26 heavy (non-hydrogen) atoms. The van der Waals surface area contributed by atoms with Crippen molar-refractivity contribution in [3.8, 4) is 0 Å². The molecule has 146 valence electrons. The number of carboxylic acids is 2. The molecule has 0 aliphatic carbocycles. The van der Waals surface area contributed by atoms with E-state index in [-0.39, 0.29) is 11.1 Å². The van der Waals surface area contributed by atoms with E-state index in [4.69, 9.17) is 0 Å². The normalized spacial score (nSPS) is 10.8. The summed E-state index contributed by atoms with van der Waals surface area (Å²) in [6.07, 6.45) is 13.2. The number of aryl methyl sites for hydroxylation is 1. The third kappa shape index (κ3) is 7.19. The quantitative estimate of drug-likeness (QED) is 0.392. The number of carboxylic acid groups (broad SMARTS) is 2.